The predicted molar refractivity (Wildman–Crippen MR) is 219 cm³/mol. The summed E-state index contributed by atoms with van der Waals surface area (Å²) in [6.45, 7) is -4.43. The van der Waals surface area contributed by atoms with Gasteiger partial charge in [-0.3, -0.25) is 9.05 Å². The zero-order valence-electron chi connectivity index (χ0n) is 37.8. The van der Waals surface area contributed by atoms with Crippen LogP contribution in [0.5, 0.6) is 0 Å². The van der Waals surface area contributed by atoms with Gasteiger partial charge in [0.25, 0.3) is 0 Å². The van der Waals surface area contributed by atoms with E-state index in [9.17, 15) is 101 Å². The Kier molecular flexibility index (Phi) is 24.5. The normalized spacial score (nSPS) is 46.0. The van der Waals surface area contributed by atoms with Gasteiger partial charge in [0.2, 0.25) is 0 Å². The summed E-state index contributed by atoms with van der Waals surface area (Å²) in [6, 6.07) is 0. The Morgan fingerprint density at radius 1 is 0.472 bits per heavy atom. The zero-order chi connectivity index (χ0) is 53.3. The first kappa shape index (κ1) is 61.8. The van der Waals surface area contributed by atoms with E-state index in [1.165, 1.54) is 0 Å². The molecule has 5 aliphatic rings. The highest BCUT2D eigenvalue weighted by Crippen LogP contribution is 2.34. The molecule has 5 aliphatic heterocycles. The molecule has 0 aromatic heterocycles. The molecule has 5 saturated heterocycles. The molecule has 0 aliphatic carbocycles. The average Bonchev–Trinajstić information content (AvgIpc) is 3.36. The number of hydrogen-bond donors (Lipinski definition) is 18. The van der Waals surface area contributed by atoms with Crippen molar-refractivity contribution in [2.45, 2.75) is 185 Å². The quantitative estimate of drug-likeness (QED) is 0.0298. The van der Waals surface area contributed by atoms with E-state index in [1.807, 2.05) is 0 Å². The molecule has 35 heteroatoms. The van der Waals surface area contributed by atoms with Gasteiger partial charge in [-0.05, 0) is 6.92 Å². The molecule has 29 atom stereocenters. The zero-order valence-corrected chi connectivity index (χ0v) is 39.5. The van der Waals surface area contributed by atoms with E-state index in [0.717, 1.165) is 6.92 Å². The third-order valence-electron chi connectivity index (χ3n) is 12.3. The van der Waals surface area contributed by atoms with Gasteiger partial charge in [-0.15, -0.1) is 0 Å². The maximum atomic E-state index is 11.4. The Balaban J connectivity index is 1.27. The molecule has 0 aromatic carbocycles. The summed E-state index contributed by atoms with van der Waals surface area (Å²) in [5, 5.41) is 190. The highest BCUT2D eigenvalue weighted by molar-refractivity contribution is 7.17. The fourth-order valence-corrected chi connectivity index (χ4v) is 8.44. The summed E-state index contributed by atoms with van der Waals surface area (Å²) >= 11 is 0. The standard InChI is InChI=1S/C37H64O33P2/c1-9(40)17(41)10(2-38)63-16(8-60-35-28(52)24(48)20(44)14(67-35)6-61-71-56)58-4-12-19(43)23(47)27(51)34(66-12)59-5-13-22(46)31(30(54)33(55)64-13)69-37-32(26(50)18(42)11(3-39)65-37)70-36-29(53)25(49)21(45)15(68-36)7-62-72-57/h9-55H,2-8H2,1H3/t9-,10?,11?,12?,13?,14?,15?,16+,17+,18-,19-,20-,21-,22-,23?,24?,25?,26+,27-,28-,29-,30-,31?,32?,33-,34+,35+,36-,37-/m1/s1. The first-order chi connectivity index (χ1) is 34.1. The van der Waals surface area contributed by atoms with Crippen LogP contribution in [0.1, 0.15) is 6.92 Å². The molecule has 0 saturated carbocycles. The number of aliphatic hydroxyl groups excluding tert-OH is 18. The highest BCUT2D eigenvalue weighted by atomic mass is 31.1. The second-order valence-corrected chi connectivity index (χ2v) is 18.1. The Morgan fingerprint density at radius 2 is 0.931 bits per heavy atom. The van der Waals surface area contributed by atoms with Crippen LogP contribution in [0.15, 0.2) is 0 Å². The van der Waals surface area contributed by atoms with Gasteiger partial charge in [0.05, 0.1) is 45.7 Å². The van der Waals surface area contributed by atoms with Crippen molar-refractivity contribution in [2.24, 2.45) is 0 Å². The fourth-order valence-electron chi connectivity index (χ4n) is 8.02. The van der Waals surface area contributed by atoms with Crippen LogP contribution in [0.3, 0.4) is 0 Å². The summed E-state index contributed by atoms with van der Waals surface area (Å²) in [6.07, 6.45) is -54.4. The van der Waals surface area contributed by atoms with Crippen LogP contribution in [-0.4, -0.2) is 316 Å². The molecular weight excluding hydrogens is 1030 g/mol. The lowest BCUT2D eigenvalue weighted by Crippen LogP contribution is -2.67. The van der Waals surface area contributed by atoms with Crippen LogP contribution in [-0.2, 0) is 70.3 Å². The smallest absolute Gasteiger partial charge is 0.327 e. The summed E-state index contributed by atoms with van der Waals surface area (Å²) in [7, 11) is -1.65. The van der Waals surface area contributed by atoms with Gasteiger partial charge < -0.3 is 144 Å². The van der Waals surface area contributed by atoms with Gasteiger partial charge in [-0.1, -0.05) is 0 Å². The van der Waals surface area contributed by atoms with E-state index in [4.69, 9.17) is 52.1 Å². The van der Waals surface area contributed by atoms with Crippen LogP contribution in [0.25, 0.3) is 0 Å². The first-order valence-electron chi connectivity index (χ1n) is 22.2. The van der Waals surface area contributed by atoms with E-state index < -0.39 is 242 Å². The Bertz CT molecular complexity index is 1620. The molecule has 18 N–H and O–H groups in total. The molecule has 11 unspecified atom stereocenters. The monoisotopic (exact) mass is 1100 g/mol. The molecule has 5 rings (SSSR count). The van der Waals surface area contributed by atoms with Crippen LogP contribution in [0.4, 0.5) is 0 Å². The van der Waals surface area contributed by atoms with Crippen molar-refractivity contribution in [1.29, 1.82) is 0 Å². The van der Waals surface area contributed by atoms with E-state index >= 15 is 0 Å². The number of rotatable bonds is 25. The van der Waals surface area contributed by atoms with Gasteiger partial charge in [-0.25, -0.2) is 9.13 Å². The van der Waals surface area contributed by atoms with E-state index in [1.54, 1.807) is 0 Å². The van der Waals surface area contributed by atoms with Crippen molar-refractivity contribution in [3.05, 3.63) is 0 Å². The molecule has 72 heavy (non-hydrogen) atoms. The summed E-state index contributed by atoms with van der Waals surface area (Å²) in [5.74, 6) is 0. The van der Waals surface area contributed by atoms with Crippen LogP contribution < -0.4 is 0 Å². The van der Waals surface area contributed by atoms with E-state index in [2.05, 4.69) is 9.05 Å². The SMILES string of the molecule is C[C@@H](O)[C@H](O)C(CO)O[C@@H](CO[C@H]1OC(COP=O)[C@@H](O)C(O)[C@H]1O)OCC1O[C@H](OCC2O[C@@H](O)[C@H](O)C(O[C@H]3OC(CO)[C@@H](O)[C@H](O)C3O[C@H]3OC(COP=O)[C@@H](O)C(O)[C@H]3O)[C@@H]2O)[C@H](O)C(O)[C@@H]1O. The molecule has 0 bridgehead atoms. The topological polar surface area (TPSA) is 518 Å². The van der Waals surface area contributed by atoms with Crippen molar-refractivity contribution < 1.29 is 162 Å². The van der Waals surface area contributed by atoms with Crippen molar-refractivity contribution in [3.63, 3.8) is 0 Å². The molecule has 0 amide bonds. The molecule has 5 fully saturated rings. The van der Waals surface area contributed by atoms with Crippen molar-refractivity contribution in [1.82, 2.24) is 0 Å². The Hall–Kier alpha value is -1.04. The Labute approximate surface area is 410 Å². The maximum Gasteiger partial charge on any atom is 0.327 e. The van der Waals surface area contributed by atoms with Gasteiger partial charge in [0, 0.05) is 0 Å². The van der Waals surface area contributed by atoms with Gasteiger partial charge in [0.15, 0.2) is 37.7 Å². The molecule has 33 nitrogen and oxygen atoms in total. The van der Waals surface area contributed by atoms with Crippen molar-refractivity contribution >= 4 is 17.4 Å². The molecule has 420 valence electrons. The van der Waals surface area contributed by atoms with Crippen LogP contribution in [0.2, 0.25) is 0 Å². The van der Waals surface area contributed by atoms with Gasteiger partial charge in [0.1, 0.15) is 141 Å². The second-order valence-electron chi connectivity index (χ2n) is 17.3. The lowest BCUT2D eigenvalue weighted by molar-refractivity contribution is -0.389. The largest absolute Gasteiger partial charge is 0.394 e. The van der Waals surface area contributed by atoms with E-state index in [0.29, 0.717) is 0 Å². The van der Waals surface area contributed by atoms with Crippen molar-refractivity contribution in [3.8, 4) is 0 Å². The first-order valence-corrected chi connectivity index (χ1v) is 23.6. The molecule has 0 spiro atoms. The van der Waals surface area contributed by atoms with Gasteiger partial charge in [-0.2, -0.15) is 0 Å². The summed E-state index contributed by atoms with van der Waals surface area (Å²) in [4.78, 5) is 0. The summed E-state index contributed by atoms with van der Waals surface area (Å²) in [5.41, 5.74) is 0. The second kappa shape index (κ2) is 28.5. The molecule has 0 radical (unpaired) electrons. The van der Waals surface area contributed by atoms with E-state index in [-0.39, 0.29) is 0 Å². The third kappa shape index (κ3) is 14.9. The minimum absolute atomic E-state index is 0.544. The van der Waals surface area contributed by atoms with Crippen LogP contribution in [0, 0.1) is 0 Å². The number of aliphatic hydroxyl groups is 18. The highest BCUT2D eigenvalue weighted by Gasteiger charge is 2.55. The number of hydrogen-bond acceptors (Lipinski definition) is 33. The number of ether oxygens (including phenoxy) is 11. The average molecular weight is 1100 g/mol. The minimum Gasteiger partial charge on any atom is -0.394 e. The third-order valence-corrected chi connectivity index (χ3v) is 12.8. The van der Waals surface area contributed by atoms with Crippen LogP contribution >= 0.6 is 17.4 Å². The Morgan fingerprint density at radius 3 is 1.44 bits per heavy atom. The molecular formula is C37H64O33P2. The van der Waals surface area contributed by atoms with Gasteiger partial charge >= 0.3 is 17.4 Å². The lowest BCUT2D eigenvalue weighted by atomic mass is 9.96. The lowest BCUT2D eigenvalue weighted by Gasteiger charge is -2.48. The minimum atomic E-state index is -2.22. The molecule has 0 aromatic rings. The maximum absolute atomic E-state index is 11.4. The molecule has 5 heterocycles. The van der Waals surface area contributed by atoms with Crippen molar-refractivity contribution in [2.75, 3.05) is 46.2 Å². The fraction of sp³-hybridized carbons (Fsp3) is 1.00. The predicted octanol–water partition coefficient (Wildman–Crippen LogP) is -11.0. The summed E-state index contributed by atoms with van der Waals surface area (Å²) < 4.78 is 92.2.